The predicted molar refractivity (Wildman–Crippen MR) is 70.2 cm³/mol. The van der Waals surface area contributed by atoms with E-state index in [0.29, 0.717) is 0 Å². The Morgan fingerprint density at radius 1 is 1.00 bits per heavy atom. The molecule has 0 bridgehead atoms. The molecular weight excluding hydrogens is 224 g/mol. The molecule has 3 aromatic rings. The maximum absolute atomic E-state index is 4.62. The normalized spacial score (nSPS) is 10.9. The van der Waals surface area contributed by atoms with Gasteiger partial charge < -0.3 is 0 Å². The first kappa shape index (κ1) is 10.9. The monoisotopic (exact) mass is 238 g/mol. The van der Waals surface area contributed by atoms with E-state index in [1.165, 1.54) is 0 Å². The van der Waals surface area contributed by atoms with Crippen LogP contribution >= 0.6 is 0 Å². The highest BCUT2D eigenvalue weighted by atomic mass is 15.4. The molecule has 3 rings (SSSR count). The number of fused-ring (bicyclic) bond motifs is 1. The van der Waals surface area contributed by atoms with Crippen molar-refractivity contribution in [3.05, 3.63) is 48.3 Å². The van der Waals surface area contributed by atoms with Crippen LogP contribution in [0.2, 0.25) is 0 Å². The number of nitrogens with zero attached hydrogens (tertiary/aromatic N) is 4. The Bertz CT molecular complexity index is 658. The van der Waals surface area contributed by atoms with E-state index in [-0.39, 0.29) is 0 Å². The molecule has 0 N–H and O–H groups in total. The Morgan fingerprint density at radius 2 is 1.83 bits per heavy atom. The quantitative estimate of drug-likeness (QED) is 0.704. The van der Waals surface area contributed by atoms with Crippen LogP contribution in [0, 0.1) is 0 Å². The van der Waals surface area contributed by atoms with Crippen molar-refractivity contribution in [3.8, 4) is 11.3 Å². The number of rotatable bonds is 3. The number of hydrogen-bond donors (Lipinski definition) is 0. The van der Waals surface area contributed by atoms with Crippen LogP contribution in [0.25, 0.3) is 16.9 Å². The van der Waals surface area contributed by atoms with Gasteiger partial charge in [0.2, 0.25) is 0 Å². The summed E-state index contributed by atoms with van der Waals surface area (Å²) in [6, 6.07) is 14.1. The van der Waals surface area contributed by atoms with Gasteiger partial charge in [-0.3, -0.25) is 0 Å². The SMILES string of the molecule is CCCc1nnc2ccc(-c3ccccc3)nn12. The van der Waals surface area contributed by atoms with E-state index in [9.17, 15) is 0 Å². The van der Waals surface area contributed by atoms with Gasteiger partial charge in [0.05, 0.1) is 5.69 Å². The summed E-state index contributed by atoms with van der Waals surface area (Å²) in [5.74, 6) is 0.922. The summed E-state index contributed by atoms with van der Waals surface area (Å²) >= 11 is 0. The maximum Gasteiger partial charge on any atom is 0.177 e. The minimum Gasteiger partial charge on any atom is -0.197 e. The van der Waals surface area contributed by atoms with Crippen molar-refractivity contribution in [2.45, 2.75) is 19.8 Å². The molecule has 4 nitrogen and oxygen atoms in total. The fourth-order valence-corrected chi connectivity index (χ4v) is 1.98. The molecule has 0 aliphatic carbocycles. The number of benzene rings is 1. The number of aryl methyl sites for hydroxylation is 1. The van der Waals surface area contributed by atoms with Crippen LogP contribution < -0.4 is 0 Å². The Kier molecular flexibility index (Phi) is 2.76. The van der Waals surface area contributed by atoms with Crippen molar-refractivity contribution in [2.75, 3.05) is 0 Å². The first-order valence-electron chi connectivity index (χ1n) is 6.15. The zero-order chi connectivity index (χ0) is 12.4. The van der Waals surface area contributed by atoms with Gasteiger partial charge in [-0.2, -0.15) is 9.61 Å². The van der Waals surface area contributed by atoms with E-state index in [0.717, 1.165) is 35.6 Å². The summed E-state index contributed by atoms with van der Waals surface area (Å²) in [4.78, 5) is 0. The topological polar surface area (TPSA) is 43.1 Å². The van der Waals surface area contributed by atoms with E-state index in [1.807, 2.05) is 34.8 Å². The molecule has 0 amide bonds. The third kappa shape index (κ3) is 1.86. The van der Waals surface area contributed by atoms with Crippen molar-refractivity contribution >= 4 is 5.65 Å². The van der Waals surface area contributed by atoms with Crippen molar-refractivity contribution in [2.24, 2.45) is 0 Å². The Labute approximate surface area is 105 Å². The Hall–Kier alpha value is -2.23. The van der Waals surface area contributed by atoms with Crippen molar-refractivity contribution < 1.29 is 0 Å². The summed E-state index contributed by atoms with van der Waals surface area (Å²) in [6.07, 6.45) is 1.93. The van der Waals surface area contributed by atoms with Gasteiger partial charge in [0.1, 0.15) is 0 Å². The lowest BCUT2D eigenvalue weighted by atomic mass is 10.1. The van der Waals surface area contributed by atoms with Gasteiger partial charge in [-0.25, -0.2) is 0 Å². The Morgan fingerprint density at radius 3 is 2.61 bits per heavy atom. The highest BCUT2D eigenvalue weighted by Gasteiger charge is 2.07. The zero-order valence-corrected chi connectivity index (χ0v) is 10.2. The van der Waals surface area contributed by atoms with E-state index >= 15 is 0 Å². The fraction of sp³-hybridized carbons (Fsp3) is 0.214. The van der Waals surface area contributed by atoms with Gasteiger partial charge in [-0.05, 0) is 18.6 Å². The van der Waals surface area contributed by atoms with Crippen molar-refractivity contribution in [1.29, 1.82) is 0 Å². The van der Waals surface area contributed by atoms with Gasteiger partial charge >= 0.3 is 0 Å². The third-order valence-corrected chi connectivity index (χ3v) is 2.87. The molecule has 1 aromatic carbocycles. The molecule has 0 saturated carbocycles. The summed E-state index contributed by atoms with van der Waals surface area (Å²) in [5, 5.41) is 12.9. The minimum absolute atomic E-state index is 0.804. The van der Waals surface area contributed by atoms with Crippen LogP contribution in [-0.4, -0.2) is 19.8 Å². The molecule has 90 valence electrons. The second-order valence-electron chi connectivity index (χ2n) is 4.22. The molecule has 0 aliphatic rings. The highest BCUT2D eigenvalue weighted by Crippen LogP contribution is 2.16. The average Bonchev–Trinajstić information content (AvgIpc) is 2.83. The molecule has 0 spiro atoms. The summed E-state index contributed by atoms with van der Waals surface area (Å²) in [7, 11) is 0. The summed E-state index contributed by atoms with van der Waals surface area (Å²) < 4.78 is 1.84. The lowest BCUT2D eigenvalue weighted by Crippen LogP contribution is -1.99. The molecule has 18 heavy (non-hydrogen) atoms. The zero-order valence-electron chi connectivity index (χ0n) is 10.2. The van der Waals surface area contributed by atoms with Gasteiger partial charge in [0.15, 0.2) is 11.5 Å². The second kappa shape index (κ2) is 4.56. The first-order chi connectivity index (χ1) is 8.88. The molecule has 0 unspecified atom stereocenters. The lowest BCUT2D eigenvalue weighted by Gasteiger charge is -2.02. The van der Waals surface area contributed by atoms with Gasteiger partial charge in [-0.15, -0.1) is 10.2 Å². The molecule has 0 fully saturated rings. The standard InChI is InChI=1S/C14H14N4/c1-2-6-13-15-16-14-10-9-12(17-18(13)14)11-7-4-3-5-8-11/h3-5,7-10H,2,6H2,1H3. The van der Waals surface area contributed by atoms with Crippen LogP contribution in [0.15, 0.2) is 42.5 Å². The van der Waals surface area contributed by atoms with Crippen LogP contribution in [0.5, 0.6) is 0 Å². The van der Waals surface area contributed by atoms with Crippen molar-refractivity contribution in [1.82, 2.24) is 19.8 Å². The van der Waals surface area contributed by atoms with Crippen LogP contribution in [-0.2, 0) is 6.42 Å². The fourth-order valence-electron chi connectivity index (χ4n) is 1.98. The predicted octanol–water partition coefficient (Wildman–Crippen LogP) is 2.74. The molecular formula is C14H14N4. The van der Waals surface area contributed by atoms with E-state index in [4.69, 9.17) is 0 Å². The van der Waals surface area contributed by atoms with E-state index in [2.05, 4.69) is 34.4 Å². The van der Waals surface area contributed by atoms with Gasteiger partial charge in [0.25, 0.3) is 0 Å². The highest BCUT2D eigenvalue weighted by molar-refractivity contribution is 5.59. The first-order valence-corrected chi connectivity index (χ1v) is 6.15. The lowest BCUT2D eigenvalue weighted by molar-refractivity contribution is 0.772. The Balaban J connectivity index is 2.12. The third-order valence-electron chi connectivity index (χ3n) is 2.87. The van der Waals surface area contributed by atoms with E-state index in [1.54, 1.807) is 0 Å². The van der Waals surface area contributed by atoms with E-state index < -0.39 is 0 Å². The number of aromatic nitrogens is 4. The van der Waals surface area contributed by atoms with Crippen LogP contribution in [0.1, 0.15) is 19.2 Å². The summed E-state index contributed by atoms with van der Waals surface area (Å²) in [5.41, 5.74) is 2.86. The second-order valence-corrected chi connectivity index (χ2v) is 4.22. The smallest absolute Gasteiger partial charge is 0.177 e. The average molecular weight is 238 g/mol. The molecule has 0 aliphatic heterocycles. The molecule has 4 heteroatoms. The minimum atomic E-state index is 0.804. The van der Waals surface area contributed by atoms with Gasteiger partial charge in [0, 0.05) is 12.0 Å². The number of hydrogen-bond acceptors (Lipinski definition) is 3. The molecule has 0 saturated heterocycles. The molecule has 0 radical (unpaired) electrons. The van der Waals surface area contributed by atoms with Crippen LogP contribution in [0.3, 0.4) is 0 Å². The van der Waals surface area contributed by atoms with Crippen molar-refractivity contribution in [3.63, 3.8) is 0 Å². The summed E-state index contributed by atoms with van der Waals surface area (Å²) in [6.45, 7) is 2.13. The largest absolute Gasteiger partial charge is 0.197 e. The maximum atomic E-state index is 4.62. The van der Waals surface area contributed by atoms with Crippen LogP contribution in [0.4, 0.5) is 0 Å². The van der Waals surface area contributed by atoms with Gasteiger partial charge in [-0.1, -0.05) is 37.3 Å². The molecule has 2 aromatic heterocycles. The molecule has 2 heterocycles. The molecule has 0 atom stereocenters.